The van der Waals surface area contributed by atoms with Crippen molar-refractivity contribution in [2.75, 3.05) is 0 Å². The highest BCUT2D eigenvalue weighted by molar-refractivity contribution is 5.98. The third-order valence-corrected chi connectivity index (χ3v) is 4.95. The Morgan fingerprint density at radius 1 is 1.16 bits per heavy atom. The number of pyridine rings is 1. The molecule has 5 nitrogen and oxygen atoms in total. The van der Waals surface area contributed by atoms with Gasteiger partial charge in [-0.3, -0.25) is 14.6 Å². The van der Waals surface area contributed by atoms with Crippen molar-refractivity contribution in [2.24, 2.45) is 0 Å². The zero-order chi connectivity index (χ0) is 17.9. The van der Waals surface area contributed by atoms with Gasteiger partial charge in [-0.1, -0.05) is 31.0 Å². The van der Waals surface area contributed by atoms with E-state index in [0.29, 0.717) is 18.4 Å². The highest BCUT2D eigenvalue weighted by Gasteiger charge is 2.37. The summed E-state index contributed by atoms with van der Waals surface area (Å²) in [4.78, 5) is 28.4. The van der Waals surface area contributed by atoms with Crippen molar-refractivity contribution in [1.82, 2.24) is 10.3 Å². The van der Waals surface area contributed by atoms with Crippen molar-refractivity contribution in [3.63, 3.8) is 0 Å². The molecule has 0 aliphatic heterocycles. The molecule has 0 bridgehead atoms. The van der Waals surface area contributed by atoms with Crippen LogP contribution in [0.3, 0.4) is 0 Å². The number of benzene rings is 1. The van der Waals surface area contributed by atoms with Crippen LogP contribution in [0.4, 0.5) is 0 Å². The third-order valence-electron chi connectivity index (χ3n) is 4.95. The first-order valence-corrected chi connectivity index (χ1v) is 8.56. The molecule has 0 unspecified atom stereocenters. The number of aliphatic carboxylic acids is 1. The van der Waals surface area contributed by atoms with Crippen LogP contribution in [0.2, 0.25) is 0 Å². The van der Waals surface area contributed by atoms with Crippen LogP contribution >= 0.6 is 0 Å². The number of nitrogens with zero attached hydrogens (tertiary/aromatic N) is 1. The first-order valence-electron chi connectivity index (χ1n) is 8.56. The van der Waals surface area contributed by atoms with Crippen LogP contribution in [-0.2, 0) is 4.79 Å². The van der Waals surface area contributed by atoms with Crippen LogP contribution in [0.25, 0.3) is 11.3 Å². The van der Waals surface area contributed by atoms with E-state index in [-0.39, 0.29) is 12.3 Å². The molecule has 130 valence electrons. The third kappa shape index (κ3) is 3.71. The van der Waals surface area contributed by atoms with Gasteiger partial charge in [0.05, 0.1) is 17.7 Å². The summed E-state index contributed by atoms with van der Waals surface area (Å²) in [5, 5.41) is 12.2. The number of carbonyl (C=O) groups is 2. The Morgan fingerprint density at radius 3 is 2.56 bits per heavy atom. The fraction of sp³-hybridized carbons (Fsp3) is 0.350. The van der Waals surface area contributed by atoms with Gasteiger partial charge in [-0.25, -0.2) is 0 Å². The summed E-state index contributed by atoms with van der Waals surface area (Å²) in [6.45, 7) is 1.90. The number of carboxylic acid groups (broad SMARTS) is 1. The molecule has 1 fully saturated rings. The van der Waals surface area contributed by atoms with Crippen LogP contribution in [-0.4, -0.2) is 27.5 Å². The summed E-state index contributed by atoms with van der Waals surface area (Å²) in [5.41, 5.74) is 2.51. The average Bonchev–Trinajstić information content (AvgIpc) is 3.03. The first kappa shape index (κ1) is 17.1. The Labute approximate surface area is 147 Å². The minimum absolute atomic E-state index is 0.0300. The molecule has 0 radical (unpaired) electrons. The Hall–Kier alpha value is -2.69. The fourth-order valence-electron chi connectivity index (χ4n) is 3.68. The number of hydrogen-bond donors (Lipinski definition) is 2. The molecular formula is C20H22N2O3. The van der Waals surface area contributed by atoms with Crippen molar-refractivity contribution in [3.05, 3.63) is 53.7 Å². The Balaban J connectivity index is 1.89. The van der Waals surface area contributed by atoms with Gasteiger partial charge in [-0.15, -0.1) is 0 Å². The maximum Gasteiger partial charge on any atom is 0.305 e. The van der Waals surface area contributed by atoms with Gasteiger partial charge in [-0.05, 0) is 43.5 Å². The second kappa shape index (κ2) is 7.05. The van der Waals surface area contributed by atoms with Gasteiger partial charge in [0.25, 0.3) is 5.91 Å². The molecule has 0 spiro atoms. The van der Waals surface area contributed by atoms with Crippen molar-refractivity contribution in [2.45, 2.75) is 44.6 Å². The molecule has 2 N–H and O–H groups in total. The second-order valence-corrected chi connectivity index (χ2v) is 6.71. The number of rotatable bonds is 5. The van der Waals surface area contributed by atoms with Crippen LogP contribution in [0.15, 0.2) is 42.6 Å². The molecule has 5 heteroatoms. The van der Waals surface area contributed by atoms with Crippen molar-refractivity contribution < 1.29 is 14.7 Å². The van der Waals surface area contributed by atoms with Gasteiger partial charge in [0.1, 0.15) is 0 Å². The topological polar surface area (TPSA) is 79.3 Å². The quantitative estimate of drug-likeness (QED) is 0.873. The monoisotopic (exact) mass is 338 g/mol. The second-order valence-electron chi connectivity index (χ2n) is 6.71. The highest BCUT2D eigenvalue weighted by Crippen LogP contribution is 2.33. The number of amides is 1. The first-order chi connectivity index (χ1) is 12.0. The smallest absolute Gasteiger partial charge is 0.305 e. The van der Waals surface area contributed by atoms with E-state index in [0.717, 1.165) is 29.7 Å². The number of carbonyl (C=O) groups excluding carboxylic acids is 1. The Kier molecular flexibility index (Phi) is 4.83. The molecule has 1 amide bonds. The van der Waals surface area contributed by atoms with Gasteiger partial charge in [-0.2, -0.15) is 0 Å². The van der Waals surface area contributed by atoms with Crippen LogP contribution in [0, 0.1) is 6.92 Å². The Bertz CT molecular complexity index is 781. The summed E-state index contributed by atoms with van der Waals surface area (Å²) < 4.78 is 0. The van der Waals surface area contributed by atoms with Crippen molar-refractivity contribution in [1.29, 1.82) is 0 Å². The van der Waals surface area contributed by atoms with E-state index in [1.165, 1.54) is 0 Å². The minimum atomic E-state index is -0.874. The molecular weight excluding hydrogens is 316 g/mol. The lowest BCUT2D eigenvalue weighted by atomic mass is 9.91. The van der Waals surface area contributed by atoms with Crippen molar-refractivity contribution in [3.8, 4) is 11.3 Å². The molecule has 1 saturated carbocycles. The van der Waals surface area contributed by atoms with Gasteiger partial charge in [0.15, 0.2) is 0 Å². The number of aromatic nitrogens is 1. The maximum atomic E-state index is 12.9. The van der Waals surface area contributed by atoms with E-state index in [9.17, 15) is 14.7 Å². The summed E-state index contributed by atoms with van der Waals surface area (Å²) in [6, 6.07) is 11.2. The van der Waals surface area contributed by atoms with E-state index < -0.39 is 11.5 Å². The summed E-state index contributed by atoms with van der Waals surface area (Å²) in [7, 11) is 0. The molecule has 2 aromatic rings. The molecule has 1 aliphatic rings. The number of hydrogen-bond acceptors (Lipinski definition) is 3. The number of carboxylic acids is 1. The van der Waals surface area contributed by atoms with Gasteiger partial charge < -0.3 is 10.4 Å². The lowest BCUT2D eigenvalue weighted by Gasteiger charge is -2.29. The Morgan fingerprint density at radius 2 is 1.92 bits per heavy atom. The average molecular weight is 338 g/mol. The molecule has 3 rings (SSSR count). The molecule has 0 atom stereocenters. The SMILES string of the molecule is Cc1c(C(=O)NC2(CC(=O)O)CCCC2)cccc1-c1ccccn1. The van der Waals surface area contributed by atoms with Crippen molar-refractivity contribution >= 4 is 11.9 Å². The summed E-state index contributed by atoms with van der Waals surface area (Å²) in [6.07, 6.45) is 5.01. The maximum absolute atomic E-state index is 12.9. The molecule has 1 aromatic carbocycles. The van der Waals surface area contributed by atoms with E-state index >= 15 is 0 Å². The molecule has 0 saturated heterocycles. The lowest BCUT2D eigenvalue weighted by Crippen LogP contribution is -2.48. The van der Waals surface area contributed by atoms with Gasteiger partial charge in [0, 0.05) is 17.3 Å². The minimum Gasteiger partial charge on any atom is -0.481 e. The van der Waals surface area contributed by atoms with Gasteiger partial charge >= 0.3 is 5.97 Å². The number of nitrogens with one attached hydrogen (secondary N) is 1. The molecule has 25 heavy (non-hydrogen) atoms. The molecule has 1 heterocycles. The fourth-order valence-corrected chi connectivity index (χ4v) is 3.68. The lowest BCUT2D eigenvalue weighted by molar-refractivity contribution is -0.138. The van der Waals surface area contributed by atoms with Gasteiger partial charge in [0.2, 0.25) is 0 Å². The van der Waals surface area contributed by atoms with E-state index in [4.69, 9.17) is 0 Å². The van der Waals surface area contributed by atoms with Crippen LogP contribution in [0.5, 0.6) is 0 Å². The molecule has 1 aliphatic carbocycles. The summed E-state index contributed by atoms with van der Waals surface area (Å²) in [5.74, 6) is -1.08. The van der Waals surface area contributed by atoms with Crippen LogP contribution in [0.1, 0.15) is 48.0 Å². The normalized spacial score (nSPS) is 15.7. The molecule has 1 aromatic heterocycles. The van der Waals surface area contributed by atoms with E-state index in [1.54, 1.807) is 12.3 Å². The summed E-state index contributed by atoms with van der Waals surface area (Å²) >= 11 is 0. The zero-order valence-corrected chi connectivity index (χ0v) is 14.3. The largest absolute Gasteiger partial charge is 0.481 e. The zero-order valence-electron chi connectivity index (χ0n) is 14.3. The standard InChI is InChI=1S/C20H22N2O3/c1-14-15(17-9-2-5-12-21-17)7-6-8-16(14)19(25)22-20(13-18(23)24)10-3-4-11-20/h2,5-9,12H,3-4,10-11,13H2,1H3,(H,22,25)(H,23,24). The highest BCUT2D eigenvalue weighted by atomic mass is 16.4. The van der Waals surface area contributed by atoms with Crippen LogP contribution < -0.4 is 5.32 Å². The van der Waals surface area contributed by atoms with E-state index in [2.05, 4.69) is 10.3 Å². The predicted molar refractivity (Wildman–Crippen MR) is 95.3 cm³/mol. The van der Waals surface area contributed by atoms with E-state index in [1.807, 2.05) is 37.3 Å². The predicted octanol–water partition coefficient (Wildman–Crippen LogP) is 3.57.